The molecule has 0 aliphatic carbocycles. The van der Waals surface area contributed by atoms with Crippen LogP contribution in [0.4, 0.5) is 0 Å². The average Bonchev–Trinajstić information content (AvgIpc) is 3.18. The molecule has 1 atom stereocenters. The fraction of sp³-hybridized carbons (Fsp3) is 0.238. The molecule has 0 spiro atoms. The SMILES string of the molecule is O=C(NCC(c1ccc(Cl)cc1)N1CCc2sccc2C1)c1cc[n+]([O-])cc1. The van der Waals surface area contributed by atoms with Gasteiger partial charge in [0.15, 0.2) is 12.4 Å². The van der Waals surface area contributed by atoms with Gasteiger partial charge in [0.2, 0.25) is 0 Å². The molecule has 28 heavy (non-hydrogen) atoms. The van der Waals surface area contributed by atoms with Crippen LogP contribution in [0.3, 0.4) is 0 Å². The first-order valence-corrected chi connectivity index (χ1v) is 10.4. The first-order chi connectivity index (χ1) is 13.6. The Morgan fingerprint density at radius 1 is 1.21 bits per heavy atom. The number of carbonyl (C=O) groups is 1. The maximum absolute atomic E-state index is 12.5. The summed E-state index contributed by atoms with van der Waals surface area (Å²) in [5.41, 5.74) is 2.96. The third kappa shape index (κ3) is 4.19. The molecule has 0 saturated carbocycles. The highest BCUT2D eigenvalue weighted by atomic mass is 35.5. The number of aromatic nitrogens is 1. The van der Waals surface area contributed by atoms with Crippen molar-refractivity contribution in [3.63, 3.8) is 0 Å². The molecule has 3 aromatic rings. The summed E-state index contributed by atoms with van der Waals surface area (Å²) in [4.78, 5) is 16.4. The second-order valence-corrected chi connectivity index (χ2v) is 8.25. The third-order valence-corrected chi connectivity index (χ3v) is 6.33. The average molecular weight is 414 g/mol. The summed E-state index contributed by atoms with van der Waals surface area (Å²) in [5, 5.41) is 17.0. The van der Waals surface area contributed by atoms with Crippen LogP contribution in [0.25, 0.3) is 0 Å². The Bertz CT molecular complexity index is 957. The van der Waals surface area contributed by atoms with Crippen molar-refractivity contribution in [2.45, 2.75) is 19.0 Å². The van der Waals surface area contributed by atoms with Crippen LogP contribution in [0.2, 0.25) is 5.02 Å². The number of thiophene rings is 1. The predicted octanol–water partition coefficient (Wildman–Crippen LogP) is 3.56. The zero-order valence-electron chi connectivity index (χ0n) is 15.2. The molecule has 1 aromatic carbocycles. The van der Waals surface area contributed by atoms with Gasteiger partial charge in [0.05, 0.1) is 11.6 Å². The molecule has 1 aliphatic heterocycles. The monoisotopic (exact) mass is 413 g/mol. The predicted molar refractivity (Wildman–Crippen MR) is 110 cm³/mol. The molecular formula is C21H20ClN3O2S. The second kappa shape index (κ2) is 8.31. The maximum Gasteiger partial charge on any atom is 0.251 e. The number of hydrogen-bond acceptors (Lipinski definition) is 4. The summed E-state index contributed by atoms with van der Waals surface area (Å²) < 4.78 is 0.666. The van der Waals surface area contributed by atoms with E-state index in [1.165, 1.54) is 35.0 Å². The molecule has 1 unspecified atom stereocenters. The van der Waals surface area contributed by atoms with E-state index in [4.69, 9.17) is 11.6 Å². The molecule has 2 aromatic heterocycles. The molecule has 144 valence electrons. The number of carbonyl (C=O) groups excluding carboxylic acids is 1. The molecule has 0 bridgehead atoms. The van der Waals surface area contributed by atoms with Gasteiger partial charge in [0, 0.05) is 41.7 Å². The van der Waals surface area contributed by atoms with Crippen molar-refractivity contribution in [1.82, 2.24) is 10.2 Å². The van der Waals surface area contributed by atoms with Crippen molar-refractivity contribution in [3.8, 4) is 0 Å². The lowest BCUT2D eigenvalue weighted by molar-refractivity contribution is -0.605. The van der Waals surface area contributed by atoms with E-state index in [2.05, 4.69) is 21.7 Å². The first kappa shape index (κ1) is 18.9. The molecule has 0 fully saturated rings. The van der Waals surface area contributed by atoms with E-state index in [9.17, 15) is 10.0 Å². The van der Waals surface area contributed by atoms with Gasteiger partial charge in [-0.15, -0.1) is 11.3 Å². The Labute approximate surface area is 172 Å². The second-order valence-electron chi connectivity index (χ2n) is 6.81. The van der Waals surface area contributed by atoms with Crippen LogP contribution in [0.1, 0.15) is 32.4 Å². The third-order valence-electron chi connectivity index (χ3n) is 5.05. The van der Waals surface area contributed by atoms with Crippen molar-refractivity contribution in [3.05, 3.63) is 92.0 Å². The summed E-state index contributed by atoms with van der Waals surface area (Å²) in [6.07, 6.45) is 3.68. The topological polar surface area (TPSA) is 59.3 Å². The highest BCUT2D eigenvalue weighted by Gasteiger charge is 2.26. The summed E-state index contributed by atoms with van der Waals surface area (Å²) in [6, 6.07) is 13.1. The van der Waals surface area contributed by atoms with Crippen molar-refractivity contribution >= 4 is 28.8 Å². The zero-order valence-corrected chi connectivity index (χ0v) is 16.7. The maximum atomic E-state index is 12.5. The van der Waals surface area contributed by atoms with Gasteiger partial charge in [-0.05, 0) is 41.1 Å². The van der Waals surface area contributed by atoms with Gasteiger partial charge >= 0.3 is 0 Å². The highest BCUT2D eigenvalue weighted by molar-refractivity contribution is 7.10. The smallest absolute Gasteiger partial charge is 0.251 e. The fourth-order valence-corrected chi connectivity index (χ4v) is 4.55. The largest absolute Gasteiger partial charge is 0.619 e. The quantitative estimate of drug-likeness (QED) is 0.514. The van der Waals surface area contributed by atoms with Gasteiger partial charge in [-0.25, -0.2) is 0 Å². The Balaban J connectivity index is 1.52. The van der Waals surface area contributed by atoms with Gasteiger partial charge < -0.3 is 10.5 Å². The minimum atomic E-state index is -0.187. The molecule has 0 saturated heterocycles. The number of halogens is 1. The van der Waals surface area contributed by atoms with Crippen LogP contribution in [-0.4, -0.2) is 23.9 Å². The molecule has 4 rings (SSSR count). The molecule has 1 N–H and O–H groups in total. The Morgan fingerprint density at radius 3 is 2.71 bits per heavy atom. The number of nitrogens with one attached hydrogen (secondary N) is 1. The standard InChI is InChI=1S/C21H20ClN3O2S/c22-18-3-1-15(2-4-18)19(24-9-7-20-17(14-24)8-12-28-20)13-23-21(26)16-5-10-25(27)11-6-16/h1-6,8,10-12,19H,7,9,13-14H2,(H,23,26). The van der Waals surface area contributed by atoms with Crippen LogP contribution in [0, 0.1) is 5.21 Å². The molecule has 3 heterocycles. The lowest BCUT2D eigenvalue weighted by Crippen LogP contribution is -2.40. The minimum Gasteiger partial charge on any atom is -0.619 e. The minimum absolute atomic E-state index is 0.0439. The van der Waals surface area contributed by atoms with Crippen molar-refractivity contribution in [1.29, 1.82) is 0 Å². The van der Waals surface area contributed by atoms with Crippen LogP contribution in [-0.2, 0) is 13.0 Å². The molecule has 5 nitrogen and oxygen atoms in total. The van der Waals surface area contributed by atoms with Crippen molar-refractivity contribution in [2.24, 2.45) is 0 Å². The number of fused-ring (bicyclic) bond motifs is 1. The summed E-state index contributed by atoms with van der Waals surface area (Å²) >= 11 is 7.88. The Morgan fingerprint density at radius 2 is 1.96 bits per heavy atom. The lowest BCUT2D eigenvalue weighted by Gasteiger charge is -2.35. The Kier molecular flexibility index (Phi) is 5.62. The van der Waals surface area contributed by atoms with E-state index in [1.54, 1.807) is 0 Å². The number of nitrogens with zero attached hydrogens (tertiary/aromatic N) is 2. The van der Waals surface area contributed by atoms with E-state index in [0.29, 0.717) is 21.9 Å². The molecule has 1 aliphatic rings. The zero-order chi connectivity index (χ0) is 19.5. The van der Waals surface area contributed by atoms with Gasteiger partial charge in [-0.1, -0.05) is 23.7 Å². The summed E-state index contributed by atoms with van der Waals surface area (Å²) in [5.74, 6) is -0.187. The van der Waals surface area contributed by atoms with Crippen LogP contribution in [0.15, 0.2) is 60.2 Å². The van der Waals surface area contributed by atoms with E-state index in [1.807, 2.05) is 35.6 Å². The number of pyridine rings is 1. The molecule has 7 heteroatoms. The number of rotatable bonds is 5. The van der Waals surface area contributed by atoms with E-state index < -0.39 is 0 Å². The van der Waals surface area contributed by atoms with Crippen LogP contribution in [0.5, 0.6) is 0 Å². The van der Waals surface area contributed by atoms with E-state index in [0.717, 1.165) is 25.1 Å². The molecule has 0 radical (unpaired) electrons. The molecular weight excluding hydrogens is 394 g/mol. The van der Waals surface area contributed by atoms with Gasteiger partial charge in [-0.3, -0.25) is 9.69 Å². The number of hydrogen-bond donors (Lipinski definition) is 1. The van der Waals surface area contributed by atoms with E-state index in [-0.39, 0.29) is 11.9 Å². The van der Waals surface area contributed by atoms with E-state index >= 15 is 0 Å². The highest BCUT2D eigenvalue weighted by Crippen LogP contribution is 2.30. The first-order valence-electron chi connectivity index (χ1n) is 9.12. The Hall–Kier alpha value is -2.41. The van der Waals surface area contributed by atoms with Gasteiger partial charge in [0.25, 0.3) is 5.91 Å². The van der Waals surface area contributed by atoms with Gasteiger partial charge in [-0.2, -0.15) is 4.73 Å². The number of amides is 1. The lowest BCUT2D eigenvalue weighted by atomic mass is 10.0. The normalized spacial score (nSPS) is 15.0. The van der Waals surface area contributed by atoms with Gasteiger partial charge in [0.1, 0.15) is 0 Å². The van der Waals surface area contributed by atoms with Crippen molar-refractivity contribution < 1.29 is 9.52 Å². The van der Waals surface area contributed by atoms with Crippen molar-refractivity contribution in [2.75, 3.05) is 13.1 Å². The summed E-state index contributed by atoms with van der Waals surface area (Å²) in [6.45, 7) is 2.29. The molecule has 1 amide bonds. The fourth-order valence-electron chi connectivity index (χ4n) is 3.53. The van der Waals surface area contributed by atoms with Crippen LogP contribution >= 0.6 is 22.9 Å². The van der Waals surface area contributed by atoms with Crippen LogP contribution < -0.4 is 10.0 Å². The number of benzene rings is 1. The summed E-state index contributed by atoms with van der Waals surface area (Å²) in [7, 11) is 0.